The molecule has 318 valence electrons. The van der Waals surface area contributed by atoms with Crippen molar-refractivity contribution in [3.8, 4) is 23.0 Å². The van der Waals surface area contributed by atoms with Gasteiger partial charge in [-0.2, -0.15) is 0 Å². The number of aromatic nitrogens is 2. The zero-order chi connectivity index (χ0) is 43.8. The topological polar surface area (TPSA) is 92.6 Å². The van der Waals surface area contributed by atoms with Crippen molar-refractivity contribution in [1.82, 2.24) is 20.6 Å². The van der Waals surface area contributed by atoms with Crippen LogP contribution in [0.5, 0.6) is 23.0 Å². The molecule has 3 aliphatic rings. The van der Waals surface area contributed by atoms with Crippen LogP contribution in [0.25, 0.3) is 22.3 Å². The Bertz CT molecular complexity index is 2740. The third kappa shape index (κ3) is 8.67. The summed E-state index contributed by atoms with van der Waals surface area (Å²) in [6.07, 6.45) is 15.8. The van der Waals surface area contributed by atoms with Crippen LogP contribution in [0.4, 0.5) is 0 Å². The van der Waals surface area contributed by atoms with E-state index < -0.39 is 0 Å². The van der Waals surface area contributed by atoms with Crippen LogP contribution < -0.4 is 40.3 Å². The average Bonchev–Trinajstić information content (AvgIpc) is 4.19. The molecular formula is C56H50N4O4. The highest BCUT2D eigenvalue weighted by atomic mass is 16.5. The van der Waals surface area contributed by atoms with Gasteiger partial charge in [0.25, 0.3) is 0 Å². The smallest absolute Gasteiger partial charge is 0.119 e. The van der Waals surface area contributed by atoms with Crippen molar-refractivity contribution in [2.45, 2.75) is 12.1 Å². The minimum atomic E-state index is -0.188. The molecule has 9 rings (SSSR count). The Balaban J connectivity index is 1.27. The Morgan fingerprint density at radius 2 is 0.719 bits per heavy atom. The molecule has 8 bridgehead atoms. The normalized spacial score (nSPS) is 20.2. The fraction of sp³-hybridized carbons (Fsp3) is 0.107. The SMILES string of the molecule is C=CCOc1ccc(/C2=C3\C=CC(N3)/C(c3ccc(OCC=C)cc3)=c3/cc/c([nH]3)=C(\c3ccc(OCC=C)cc3)C3C=C/C(=C(\c4ccc(OCC=C)cc4)c4ccc2[nH]4)N3)cc1. The van der Waals surface area contributed by atoms with Crippen molar-refractivity contribution in [3.63, 3.8) is 0 Å². The fourth-order valence-corrected chi connectivity index (χ4v) is 8.39. The quantitative estimate of drug-likeness (QED) is 0.0727. The first-order valence-corrected chi connectivity index (χ1v) is 21.4. The molecule has 5 heterocycles. The predicted octanol–water partition coefficient (Wildman–Crippen LogP) is 9.29. The molecule has 0 radical (unpaired) electrons. The summed E-state index contributed by atoms with van der Waals surface area (Å²) in [5, 5.41) is 9.86. The number of hydrogen-bond acceptors (Lipinski definition) is 6. The second-order valence-corrected chi connectivity index (χ2v) is 15.4. The molecule has 0 fully saturated rings. The van der Waals surface area contributed by atoms with Crippen LogP contribution in [0.1, 0.15) is 33.6 Å². The first-order chi connectivity index (χ1) is 31.5. The summed E-state index contributed by atoms with van der Waals surface area (Å²) in [6.45, 7) is 17.0. The Hall–Kier alpha value is -8.10. The number of allylic oxidation sites excluding steroid dienone is 2. The third-order valence-corrected chi connectivity index (χ3v) is 11.3. The molecule has 2 atom stereocenters. The number of hydrogen-bond donors (Lipinski definition) is 4. The van der Waals surface area contributed by atoms with Crippen molar-refractivity contribution < 1.29 is 18.9 Å². The first-order valence-electron chi connectivity index (χ1n) is 21.4. The fourth-order valence-electron chi connectivity index (χ4n) is 8.39. The summed E-state index contributed by atoms with van der Waals surface area (Å²) in [5.74, 6) is 3.10. The van der Waals surface area contributed by atoms with E-state index in [1.54, 1.807) is 24.3 Å². The van der Waals surface area contributed by atoms with Crippen molar-refractivity contribution in [2.75, 3.05) is 26.4 Å². The monoisotopic (exact) mass is 842 g/mol. The van der Waals surface area contributed by atoms with Gasteiger partial charge in [-0.25, -0.2) is 0 Å². The second-order valence-electron chi connectivity index (χ2n) is 15.4. The summed E-state index contributed by atoms with van der Waals surface area (Å²) in [6, 6.07) is 41.3. The minimum absolute atomic E-state index is 0.188. The second kappa shape index (κ2) is 18.9. The van der Waals surface area contributed by atoms with Crippen molar-refractivity contribution in [2.24, 2.45) is 0 Å². The Labute approximate surface area is 374 Å². The van der Waals surface area contributed by atoms with E-state index in [1.807, 2.05) is 48.5 Å². The molecule has 64 heavy (non-hydrogen) atoms. The number of aromatic amines is 2. The van der Waals surface area contributed by atoms with Gasteiger partial charge < -0.3 is 39.5 Å². The molecule has 2 aromatic heterocycles. The summed E-state index contributed by atoms with van der Waals surface area (Å²) >= 11 is 0. The van der Waals surface area contributed by atoms with E-state index in [-0.39, 0.29) is 12.1 Å². The highest BCUT2D eigenvalue weighted by Crippen LogP contribution is 2.36. The lowest BCUT2D eigenvalue weighted by Gasteiger charge is -2.20. The lowest BCUT2D eigenvalue weighted by atomic mass is 9.98. The maximum Gasteiger partial charge on any atom is 0.119 e. The molecule has 2 unspecified atom stereocenters. The molecule has 0 amide bonds. The van der Waals surface area contributed by atoms with Crippen molar-refractivity contribution >= 4 is 22.3 Å². The Morgan fingerprint density at radius 1 is 0.391 bits per heavy atom. The molecule has 4 aromatic carbocycles. The highest BCUT2D eigenvalue weighted by molar-refractivity contribution is 5.88. The van der Waals surface area contributed by atoms with Gasteiger partial charge in [0.1, 0.15) is 49.4 Å². The largest absolute Gasteiger partial charge is 0.490 e. The summed E-state index contributed by atoms with van der Waals surface area (Å²) in [7, 11) is 0. The number of ether oxygens (including phenoxy) is 4. The Kier molecular flexibility index (Phi) is 12.2. The van der Waals surface area contributed by atoms with E-state index in [4.69, 9.17) is 18.9 Å². The van der Waals surface area contributed by atoms with Crippen LogP contribution in [-0.4, -0.2) is 48.5 Å². The number of rotatable bonds is 16. The van der Waals surface area contributed by atoms with Gasteiger partial charge >= 0.3 is 0 Å². The van der Waals surface area contributed by atoms with Crippen LogP contribution >= 0.6 is 0 Å². The van der Waals surface area contributed by atoms with Crippen LogP contribution in [-0.2, 0) is 0 Å². The summed E-state index contributed by atoms with van der Waals surface area (Å²) in [4.78, 5) is 7.77. The maximum absolute atomic E-state index is 5.90. The molecule has 6 aromatic rings. The minimum Gasteiger partial charge on any atom is -0.490 e. The van der Waals surface area contributed by atoms with E-state index in [2.05, 4.69) is 144 Å². The number of H-pyrrole nitrogens is 2. The number of benzene rings is 4. The summed E-state index contributed by atoms with van der Waals surface area (Å²) in [5.41, 5.74) is 12.2. The molecule has 4 N–H and O–H groups in total. The number of fused-ring (bicyclic) bond motifs is 8. The predicted molar refractivity (Wildman–Crippen MR) is 259 cm³/mol. The molecule has 8 heteroatoms. The van der Waals surface area contributed by atoms with E-state index in [0.29, 0.717) is 26.4 Å². The van der Waals surface area contributed by atoms with E-state index in [0.717, 1.165) is 101 Å². The van der Waals surface area contributed by atoms with Gasteiger partial charge in [-0.1, -0.05) is 111 Å². The van der Waals surface area contributed by atoms with Gasteiger partial charge in [0.05, 0.1) is 12.1 Å². The van der Waals surface area contributed by atoms with Gasteiger partial charge in [0.2, 0.25) is 0 Å². The van der Waals surface area contributed by atoms with Gasteiger partial charge in [-0.05, 0) is 107 Å². The van der Waals surface area contributed by atoms with Crippen molar-refractivity contribution in [3.05, 3.63) is 252 Å². The molecule has 3 aliphatic heterocycles. The zero-order valence-electron chi connectivity index (χ0n) is 35.6. The van der Waals surface area contributed by atoms with E-state index >= 15 is 0 Å². The lowest BCUT2D eigenvalue weighted by Crippen LogP contribution is -2.31. The van der Waals surface area contributed by atoms with Gasteiger partial charge in [-0.15, -0.1) is 0 Å². The first kappa shape index (κ1) is 41.3. The molecule has 8 nitrogen and oxygen atoms in total. The van der Waals surface area contributed by atoms with E-state index in [9.17, 15) is 0 Å². The standard InChI is InChI=1S/C56H50N4O4/c1-5-33-61-41-17-9-37(10-18-41)53-45-25-27-47(57-45)54(38-11-19-42(20-12-38)62-34-6-2)49-29-31-51(59-49)56(40-15-23-44(24-16-40)64-36-8-4)52-32-30-50(60-52)55(48-28-26-46(53)58-48)39-13-21-43(22-14-39)63-35-7-3/h5-32,45,50,57-60H,1-4,33-36H2/b53-46-,54-47-,55-48-,56-52-. The Morgan fingerprint density at radius 3 is 1.05 bits per heavy atom. The van der Waals surface area contributed by atoms with Crippen LogP contribution in [0, 0.1) is 0 Å². The number of nitrogens with one attached hydrogen (secondary N) is 4. The zero-order valence-corrected chi connectivity index (χ0v) is 35.6. The van der Waals surface area contributed by atoms with Crippen molar-refractivity contribution in [1.29, 1.82) is 0 Å². The summed E-state index contributed by atoms with van der Waals surface area (Å²) < 4.78 is 23.6. The van der Waals surface area contributed by atoms with Gasteiger partial charge in [-0.3, -0.25) is 0 Å². The van der Waals surface area contributed by atoms with E-state index in [1.165, 1.54) is 0 Å². The van der Waals surface area contributed by atoms with Crippen LogP contribution in [0.3, 0.4) is 0 Å². The van der Waals surface area contributed by atoms with Crippen LogP contribution in [0.15, 0.2) is 208 Å². The lowest BCUT2D eigenvalue weighted by molar-refractivity contribution is 0.363. The highest BCUT2D eigenvalue weighted by Gasteiger charge is 2.27. The molecule has 0 saturated heterocycles. The average molecular weight is 843 g/mol. The molecule has 0 saturated carbocycles. The molecule has 0 aliphatic carbocycles. The third-order valence-electron chi connectivity index (χ3n) is 11.3. The molecular weight excluding hydrogens is 793 g/mol. The molecule has 0 spiro atoms. The van der Waals surface area contributed by atoms with Crippen LogP contribution in [0.2, 0.25) is 0 Å². The van der Waals surface area contributed by atoms with Gasteiger partial charge in [0.15, 0.2) is 0 Å². The van der Waals surface area contributed by atoms with Gasteiger partial charge in [0, 0.05) is 55.8 Å². The maximum atomic E-state index is 5.90.